The molecule has 2 aliphatic heterocycles. The number of carbonyl (C=O) groups excluding carboxylic acids is 1. The third kappa shape index (κ3) is 2.83. The Morgan fingerprint density at radius 3 is 2.89 bits per heavy atom. The highest BCUT2D eigenvalue weighted by molar-refractivity contribution is 5.80. The second kappa shape index (κ2) is 5.97. The lowest BCUT2D eigenvalue weighted by molar-refractivity contribution is -0.127. The number of rotatable bonds is 5. The Labute approximate surface area is 107 Å². The predicted molar refractivity (Wildman–Crippen MR) is 65.3 cm³/mol. The molecule has 6 heteroatoms. The molecular formula is C12H22N2O4. The fourth-order valence-electron chi connectivity index (χ4n) is 2.44. The van der Waals surface area contributed by atoms with Gasteiger partial charge in [0.15, 0.2) is 0 Å². The van der Waals surface area contributed by atoms with Gasteiger partial charge in [-0.15, -0.1) is 0 Å². The van der Waals surface area contributed by atoms with Gasteiger partial charge in [-0.2, -0.15) is 0 Å². The van der Waals surface area contributed by atoms with Crippen LogP contribution in [0.2, 0.25) is 0 Å². The van der Waals surface area contributed by atoms with Crippen molar-refractivity contribution in [3.63, 3.8) is 0 Å². The molecule has 0 bridgehead atoms. The summed E-state index contributed by atoms with van der Waals surface area (Å²) in [5.41, 5.74) is -0.357. The Morgan fingerprint density at radius 2 is 2.28 bits per heavy atom. The van der Waals surface area contributed by atoms with Crippen LogP contribution in [0.25, 0.3) is 0 Å². The molecule has 1 amide bonds. The van der Waals surface area contributed by atoms with Crippen molar-refractivity contribution in [2.75, 3.05) is 47.1 Å². The summed E-state index contributed by atoms with van der Waals surface area (Å²) in [5.74, 6) is -0.0959. The minimum Gasteiger partial charge on any atom is -0.379 e. The summed E-state index contributed by atoms with van der Waals surface area (Å²) in [5, 5.41) is 6.06. The summed E-state index contributed by atoms with van der Waals surface area (Å²) in [4.78, 5) is 12.1. The smallest absolute Gasteiger partial charge is 0.227 e. The van der Waals surface area contributed by atoms with Crippen molar-refractivity contribution in [2.45, 2.75) is 18.1 Å². The SMILES string of the molecule is CNC1COCC1C(=O)NCC1(OC)CCOC1. The molecular weight excluding hydrogens is 236 g/mol. The first-order valence-corrected chi connectivity index (χ1v) is 6.36. The van der Waals surface area contributed by atoms with Crippen LogP contribution in [0.15, 0.2) is 0 Å². The van der Waals surface area contributed by atoms with Crippen molar-refractivity contribution < 1.29 is 19.0 Å². The van der Waals surface area contributed by atoms with Crippen molar-refractivity contribution in [1.82, 2.24) is 10.6 Å². The third-order valence-corrected chi connectivity index (χ3v) is 3.87. The van der Waals surface area contributed by atoms with Crippen LogP contribution in [0.4, 0.5) is 0 Å². The highest BCUT2D eigenvalue weighted by Crippen LogP contribution is 2.22. The van der Waals surface area contributed by atoms with Crippen LogP contribution in [0, 0.1) is 5.92 Å². The lowest BCUT2D eigenvalue weighted by atomic mass is 10.0. The summed E-state index contributed by atoms with van der Waals surface area (Å²) in [6, 6.07) is 0.100. The maximum Gasteiger partial charge on any atom is 0.227 e. The van der Waals surface area contributed by atoms with Crippen molar-refractivity contribution in [3.05, 3.63) is 0 Å². The molecule has 6 nitrogen and oxygen atoms in total. The van der Waals surface area contributed by atoms with Crippen LogP contribution in [0.3, 0.4) is 0 Å². The predicted octanol–water partition coefficient (Wildman–Crippen LogP) is -0.857. The van der Waals surface area contributed by atoms with Gasteiger partial charge in [-0.3, -0.25) is 4.79 Å². The molecule has 104 valence electrons. The van der Waals surface area contributed by atoms with Crippen molar-refractivity contribution in [3.8, 4) is 0 Å². The lowest BCUT2D eigenvalue weighted by Gasteiger charge is -2.27. The van der Waals surface area contributed by atoms with E-state index in [1.807, 2.05) is 7.05 Å². The number of likely N-dealkylation sites (N-methyl/N-ethyl adjacent to an activating group) is 1. The zero-order chi connectivity index (χ0) is 13.0. The molecule has 2 aliphatic rings. The molecule has 2 rings (SSSR count). The first kappa shape index (κ1) is 13.7. The van der Waals surface area contributed by atoms with E-state index in [2.05, 4.69) is 10.6 Å². The zero-order valence-corrected chi connectivity index (χ0v) is 11.0. The van der Waals surface area contributed by atoms with Gasteiger partial charge in [0.25, 0.3) is 0 Å². The molecule has 3 atom stereocenters. The molecule has 2 fully saturated rings. The quantitative estimate of drug-likeness (QED) is 0.672. The molecule has 0 saturated carbocycles. The third-order valence-electron chi connectivity index (χ3n) is 3.87. The van der Waals surface area contributed by atoms with Crippen LogP contribution in [-0.2, 0) is 19.0 Å². The van der Waals surface area contributed by atoms with Gasteiger partial charge in [0.2, 0.25) is 5.91 Å². The van der Waals surface area contributed by atoms with Crippen LogP contribution in [-0.4, -0.2) is 64.7 Å². The number of hydrogen-bond acceptors (Lipinski definition) is 5. The monoisotopic (exact) mass is 258 g/mol. The van der Waals surface area contributed by atoms with Gasteiger partial charge in [-0.05, 0) is 7.05 Å². The van der Waals surface area contributed by atoms with Crippen LogP contribution in [0.1, 0.15) is 6.42 Å². The standard InChI is InChI=1S/C12H22N2O4/c1-13-10-6-18-5-9(10)11(15)14-7-12(16-2)3-4-17-8-12/h9-10,13H,3-8H2,1-2H3,(H,14,15). The van der Waals surface area contributed by atoms with Gasteiger partial charge in [0.1, 0.15) is 5.60 Å². The van der Waals surface area contributed by atoms with Gasteiger partial charge in [0, 0.05) is 32.7 Å². The maximum absolute atomic E-state index is 12.1. The molecule has 18 heavy (non-hydrogen) atoms. The zero-order valence-electron chi connectivity index (χ0n) is 11.0. The molecule has 0 spiro atoms. The number of hydrogen-bond donors (Lipinski definition) is 2. The van der Waals surface area contributed by atoms with E-state index in [0.29, 0.717) is 33.0 Å². The summed E-state index contributed by atoms with van der Waals surface area (Å²) in [6.45, 7) is 2.80. The van der Waals surface area contributed by atoms with E-state index in [1.165, 1.54) is 0 Å². The molecule has 0 aliphatic carbocycles. The molecule has 3 unspecified atom stereocenters. The van der Waals surface area contributed by atoms with E-state index in [1.54, 1.807) is 7.11 Å². The summed E-state index contributed by atoms with van der Waals surface area (Å²) < 4.78 is 16.1. The van der Waals surface area contributed by atoms with Gasteiger partial charge in [-0.1, -0.05) is 0 Å². The number of amides is 1. The molecule has 2 heterocycles. The average molecular weight is 258 g/mol. The Morgan fingerprint density at radius 1 is 1.44 bits per heavy atom. The van der Waals surface area contributed by atoms with Crippen molar-refractivity contribution >= 4 is 5.91 Å². The Hall–Kier alpha value is -0.690. The molecule has 2 N–H and O–H groups in total. The van der Waals surface area contributed by atoms with Crippen molar-refractivity contribution in [2.24, 2.45) is 5.92 Å². The van der Waals surface area contributed by atoms with Crippen LogP contribution in [0.5, 0.6) is 0 Å². The van der Waals surface area contributed by atoms with Gasteiger partial charge in [-0.25, -0.2) is 0 Å². The topological polar surface area (TPSA) is 68.8 Å². The maximum atomic E-state index is 12.1. The molecule has 0 radical (unpaired) electrons. The van der Waals surface area contributed by atoms with Crippen molar-refractivity contribution in [1.29, 1.82) is 0 Å². The fourth-order valence-corrected chi connectivity index (χ4v) is 2.44. The highest BCUT2D eigenvalue weighted by Gasteiger charge is 2.38. The largest absolute Gasteiger partial charge is 0.379 e. The van der Waals surface area contributed by atoms with E-state index >= 15 is 0 Å². The van der Waals surface area contributed by atoms with Gasteiger partial charge in [0.05, 0.1) is 25.7 Å². The van der Waals surface area contributed by atoms with Crippen LogP contribution >= 0.6 is 0 Å². The van der Waals surface area contributed by atoms with E-state index < -0.39 is 0 Å². The first-order chi connectivity index (χ1) is 8.71. The normalized spacial score (nSPS) is 35.9. The van der Waals surface area contributed by atoms with Gasteiger partial charge < -0.3 is 24.8 Å². The Bertz CT molecular complexity index is 292. The second-order valence-corrected chi connectivity index (χ2v) is 4.95. The molecule has 0 aromatic heterocycles. The Balaban J connectivity index is 1.84. The Kier molecular flexibility index (Phi) is 4.55. The second-order valence-electron chi connectivity index (χ2n) is 4.95. The number of nitrogens with one attached hydrogen (secondary N) is 2. The average Bonchev–Trinajstić information content (AvgIpc) is 3.05. The van der Waals surface area contributed by atoms with E-state index in [-0.39, 0.29) is 23.5 Å². The van der Waals surface area contributed by atoms with E-state index in [4.69, 9.17) is 14.2 Å². The van der Waals surface area contributed by atoms with E-state index in [9.17, 15) is 4.79 Å². The van der Waals surface area contributed by atoms with Gasteiger partial charge >= 0.3 is 0 Å². The number of methoxy groups -OCH3 is 1. The molecule has 2 saturated heterocycles. The highest BCUT2D eigenvalue weighted by atomic mass is 16.5. The minimum absolute atomic E-state index is 0.0233. The van der Waals surface area contributed by atoms with E-state index in [0.717, 1.165) is 6.42 Å². The fraction of sp³-hybridized carbons (Fsp3) is 0.917. The first-order valence-electron chi connectivity index (χ1n) is 6.36. The lowest BCUT2D eigenvalue weighted by Crippen LogP contribution is -2.49. The molecule has 0 aromatic rings. The number of ether oxygens (including phenoxy) is 3. The minimum atomic E-state index is -0.357. The molecule has 0 aromatic carbocycles. The van der Waals surface area contributed by atoms with Crippen LogP contribution < -0.4 is 10.6 Å². The number of carbonyl (C=O) groups is 1. The summed E-state index contributed by atoms with van der Waals surface area (Å²) >= 11 is 0. The summed E-state index contributed by atoms with van der Waals surface area (Å²) in [6.07, 6.45) is 0.820. The summed E-state index contributed by atoms with van der Waals surface area (Å²) in [7, 11) is 3.51.